The van der Waals surface area contributed by atoms with Gasteiger partial charge >= 0.3 is 0 Å². The number of carbonyl (C=O) groups is 1. The van der Waals surface area contributed by atoms with Crippen molar-refractivity contribution in [1.82, 2.24) is 14.9 Å². The van der Waals surface area contributed by atoms with E-state index in [4.69, 9.17) is 0 Å². The summed E-state index contributed by atoms with van der Waals surface area (Å²) >= 11 is 0. The molecule has 0 aliphatic carbocycles. The largest absolute Gasteiger partial charge is 0.361 e. The van der Waals surface area contributed by atoms with E-state index in [2.05, 4.69) is 57.5 Å². The second kappa shape index (κ2) is 6.47. The van der Waals surface area contributed by atoms with Crippen LogP contribution in [0.5, 0.6) is 0 Å². The van der Waals surface area contributed by atoms with Crippen molar-refractivity contribution in [3.63, 3.8) is 0 Å². The molecular weight excluding hydrogens is 334 g/mol. The molecule has 0 spiro atoms. The van der Waals surface area contributed by atoms with Crippen LogP contribution in [0.25, 0.3) is 33.5 Å². The predicted octanol–water partition coefficient (Wildman–Crippen LogP) is 4.36. The van der Waals surface area contributed by atoms with Crippen LogP contribution >= 0.6 is 0 Å². The van der Waals surface area contributed by atoms with E-state index in [9.17, 15) is 4.79 Å². The molecule has 0 radical (unpaired) electrons. The first-order chi connectivity index (χ1) is 13.3. The molecule has 0 bridgehead atoms. The topological polar surface area (TPSA) is 49.8 Å². The number of H-pyrrole nitrogens is 1. The fourth-order valence-corrected chi connectivity index (χ4v) is 4.30. The number of para-hydroxylation sites is 2. The number of rotatable bonds is 5. The fourth-order valence-electron chi connectivity index (χ4n) is 4.30. The minimum Gasteiger partial charge on any atom is -0.361 e. The highest BCUT2D eigenvalue weighted by molar-refractivity contribution is 6.01. The van der Waals surface area contributed by atoms with Gasteiger partial charge in [-0.1, -0.05) is 36.4 Å². The van der Waals surface area contributed by atoms with Crippen molar-refractivity contribution in [2.45, 2.75) is 19.4 Å². The van der Waals surface area contributed by atoms with Gasteiger partial charge in [-0.25, -0.2) is 0 Å². The van der Waals surface area contributed by atoms with Crippen molar-refractivity contribution in [3.8, 4) is 0 Å². The van der Waals surface area contributed by atoms with Gasteiger partial charge in [-0.15, -0.1) is 0 Å². The molecule has 0 saturated carbocycles. The third-order valence-corrected chi connectivity index (χ3v) is 5.50. The maximum absolute atomic E-state index is 11.0. The predicted molar refractivity (Wildman–Crippen MR) is 110 cm³/mol. The van der Waals surface area contributed by atoms with Crippen LogP contribution in [0.4, 0.5) is 0 Å². The number of aromatic amines is 1. The number of hydrogen-bond donors (Lipinski definition) is 2. The van der Waals surface area contributed by atoms with Gasteiger partial charge in [0.25, 0.3) is 0 Å². The highest BCUT2D eigenvalue weighted by atomic mass is 16.1. The van der Waals surface area contributed by atoms with E-state index in [0.29, 0.717) is 6.54 Å². The first-order valence-corrected chi connectivity index (χ1v) is 9.40. The fraction of sp³-hybridized carbons (Fsp3) is 0.174. The van der Waals surface area contributed by atoms with Crippen LogP contribution in [0.1, 0.15) is 23.1 Å². The number of carbonyl (C=O) groups excluding carboxylic acids is 1. The maximum Gasteiger partial charge on any atom is 0.207 e. The Balaban J connectivity index is 1.69. The summed E-state index contributed by atoms with van der Waals surface area (Å²) in [5, 5.41) is 5.30. The molecule has 1 aliphatic heterocycles. The number of aryl methyl sites for hydroxylation is 2. The lowest BCUT2D eigenvalue weighted by Crippen LogP contribution is -2.13. The molecule has 4 heteroatoms. The number of aromatic nitrogens is 2. The SMILES string of the molecule is O=CNC/C(=C/c1cn2c3c(cccc13)CCC2)c1c[nH]c2ccccc12. The van der Waals surface area contributed by atoms with Gasteiger partial charge in [0.15, 0.2) is 0 Å². The first-order valence-electron chi connectivity index (χ1n) is 9.40. The average molecular weight is 355 g/mol. The summed E-state index contributed by atoms with van der Waals surface area (Å²) in [7, 11) is 0. The second-order valence-electron chi connectivity index (χ2n) is 7.11. The van der Waals surface area contributed by atoms with E-state index in [1.54, 1.807) is 0 Å². The molecule has 4 aromatic rings. The van der Waals surface area contributed by atoms with Crippen molar-refractivity contribution in [2.75, 3.05) is 6.54 Å². The van der Waals surface area contributed by atoms with Gasteiger partial charge in [0.2, 0.25) is 6.41 Å². The third kappa shape index (κ3) is 2.65. The van der Waals surface area contributed by atoms with Crippen LogP contribution in [-0.2, 0) is 17.8 Å². The van der Waals surface area contributed by atoms with Gasteiger partial charge in [0.05, 0.1) is 5.52 Å². The van der Waals surface area contributed by atoms with Gasteiger partial charge in [0.1, 0.15) is 0 Å². The van der Waals surface area contributed by atoms with Crippen LogP contribution in [0.2, 0.25) is 0 Å². The van der Waals surface area contributed by atoms with E-state index in [1.165, 1.54) is 33.8 Å². The molecule has 2 aromatic carbocycles. The van der Waals surface area contributed by atoms with Crippen molar-refractivity contribution in [1.29, 1.82) is 0 Å². The van der Waals surface area contributed by atoms with Gasteiger partial charge in [0, 0.05) is 52.9 Å². The van der Waals surface area contributed by atoms with Crippen LogP contribution in [-0.4, -0.2) is 22.5 Å². The Labute approximate surface area is 157 Å². The quantitative estimate of drug-likeness (QED) is 0.514. The zero-order valence-electron chi connectivity index (χ0n) is 15.0. The lowest BCUT2D eigenvalue weighted by molar-refractivity contribution is -0.109. The van der Waals surface area contributed by atoms with Gasteiger partial charge in [-0.3, -0.25) is 4.79 Å². The number of hydrogen-bond acceptors (Lipinski definition) is 1. The van der Waals surface area contributed by atoms with E-state index < -0.39 is 0 Å². The Hall–Kier alpha value is -3.27. The Kier molecular flexibility index (Phi) is 3.82. The normalized spacial score (nSPS) is 14.0. The summed E-state index contributed by atoms with van der Waals surface area (Å²) in [5.41, 5.74) is 7.33. The van der Waals surface area contributed by atoms with E-state index >= 15 is 0 Å². The van der Waals surface area contributed by atoms with Crippen LogP contribution in [0.15, 0.2) is 54.9 Å². The Morgan fingerprint density at radius 3 is 2.96 bits per heavy atom. The monoisotopic (exact) mass is 355 g/mol. The smallest absolute Gasteiger partial charge is 0.207 e. The highest BCUT2D eigenvalue weighted by Crippen LogP contribution is 2.33. The van der Waals surface area contributed by atoms with Crippen LogP contribution < -0.4 is 5.32 Å². The molecule has 2 aromatic heterocycles. The van der Waals surface area contributed by atoms with E-state index in [-0.39, 0.29) is 0 Å². The lowest BCUT2D eigenvalue weighted by Gasteiger charge is -2.14. The standard InChI is InChI=1S/C23H21N3O/c27-15-24-12-17(21-13-25-22-9-2-1-7-20(21)22)11-18-14-26-10-4-6-16-5-3-8-19(18)23(16)26/h1-3,5,7-9,11,13-15,25H,4,6,10,12H2,(H,24,27)/b17-11-. The molecule has 2 N–H and O–H groups in total. The lowest BCUT2D eigenvalue weighted by atomic mass is 9.99. The number of fused-ring (bicyclic) bond motifs is 1. The minimum absolute atomic E-state index is 0.498. The molecular formula is C23H21N3O. The van der Waals surface area contributed by atoms with Gasteiger partial charge in [-0.05, 0) is 36.1 Å². The number of amides is 1. The number of benzene rings is 2. The van der Waals surface area contributed by atoms with E-state index in [1.807, 2.05) is 18.3 Å². The van der Waals surface area contributed by atoms with Crippen molar-refractivity contribution in [3.05, 3.63) is 71.5 Å². The molecule has 0 saturated heterocycles. The summed E-state index contributed by atoms with van der Waals surface area (Å²) in [4.78, 5) is 14.3. The average Bonchev–Trinajstić information content (AvgIpc) is 3.29. The number of nitrogens with one attached hydrogen (secondary N) is 2. The van der Waals surface area contributed by atoms with Crippen molar-refractivity contribution in [2.24, 2.45) is 0 Å². The Morgan fingerprint density at radius 1 is 1.15 bits per heavy atom. The van der Waals surface area contributed by atoms with Crippen LogP contribution in [0, 0.1) is 0 Å². The van der Waals surface area contributed by atoms with Gasteiger partial charge < -0.3 is 14.9 Å². The molecule has 3 heterocycles. The zero-order chi connectivity index (χ0) is 18.2. The highest BCUT2D eigenvalue weighted by Gasteiger charge is 2.16. The molecule has 1 aliphatic rings. The molecule has 0 fully saturated rings. The second-order valence-corrected chi connectivity index (χ2v) is 7.11. The van der Waals surface area contributed by atoms with Gasteiger partial charge in [-0.2, -0.15) is 0 Å². The molecule has 5 rings (SSSR count). The summed E-state index contributed by atoms with van der Waals surface area (Å²) in [6, 6.07) is 14.9. The Bertz CT molecular complexity index is 1180. The molecule has 134 valence electrons. The maximum atomic E-state index is 11.0. The van der Waals surface area contributed by atoms with E-state index in [0.717, 1.165) is 36.0 Å². The first kappa shape index (κ1) is 15.9. The summed E-state index contributed by atoms with van der Waals surface area (Å²) < 4.78 is 2.37. The van der Waals surface area contributed by atoms with Crippen molar-refractivity contribution >= 4 is 39.9 Å². The number of nitrogens with zero attached hydrogens (tertiary/aromatic N) is 1. The molecule has 0 unspecified atom stereocenters. The molecule has 4 nitrogen and oxygen atoms in total. The zero-order valence-corrected chi connectivity index (χ0v) is 15.0. The summed E-state index contributed by atoms with van der Waals surface area (Å²) in [6.45, 7) is 1.56. The minimum atomic E-state index is 0.498. The summed E-state index contributed by atoms with van der Waals surface area (Å²) in [5.74, 6) is 0. The molecule has 0 atom stereocenters. The Morgan fingerprint density at radius 2 is 2.04 bits per heavy atom. The summed E-state index contributed by atoms with van der Waals surface area (Å²) in [6.07, 6.45) is 9.60. The third-order valence-electron chi connectivity index (χ3n) is 5.50. The molecule has 1 amide bonds. The molecule has 27 heavy (non-hydrogen) atoms. The van der Waals surface area contributed by atoms with Crippen LogP contribution in [0.3, 0.4) is 0 Å². The van der Waals surface area contributed by atoms with Crippen molar-refractivity contribution < 1.29 is 4.79 Å².